The summed E-state index contributed by atoms with van der Waals surface area (Å²) in [7, 11) is 0. The Bertz CT molecular complexity index is 296. The highest BCUT2D eigenvalue weighted by atomic mass is 35.5. The summed E-state index contributed by atoms with van der Waals surface area (Å²) in [5, 5.41) is 3.67. The molecule has 2 saturated heterocycles. The third-order valence-corrected chi connectivity index (χ3v) is 6.12. The van der Waals surface area contributed by atoms with Gasteiger partial charge in [0.15, 0.2) is 0 Å². The van der Waals surface area contributed by atoms with Gasteiger partial charge < -0.3 is 10.2 Å². The molecule has 5 unspecified atom stereocenters. The minimum absolute atomic E-state index is 0. The largest absolute Gasteiger partial charge is 0.314 e. The van der Waals surface area contributed by atoms with Crippen molar-refractivity contribution in [2.45, 2.75) is 44.6 Å². The molecule has 4 fully saturated rings. The average Bonchev–Trinajstić information content (AvgIpc) is 3.03. The molecule has 0 aromatic carbocycles. The second-order valence-electron chi connectivity index (χ2n) is 7.09. The van der Waals surface area contributed by atoms with Gasteiger partial charge in [-0.25, -0.2) is 0 Å². The van der Waals surface area contributed by atoms with Crippen molar-refractivity contribution in [3.05, 3.63) is 0 Å². The first-order chi connectivity index (χ1) is 8.38. The monoisotopic (exact) mass is 270 g/mol. The molecule has 2 saturated carbocycles. The number of nitrogens with one attached hydrogen (secondary N) is 1. The minimum Gasteiger partial charge on any atom is -0.314 e. The molecule has 0 aromatic heterocycles. The number of piperidine rings is 1. The molecule has 3 heteroatoms. The fourth-order valence-electron chi connectivity index (χ4n) is 5.22. The Morgan fingerprint density at radius 1 is 1.00 bits per heavy atom. The Kier molecular flexibility index (Phi) is 3.89. The molecule has 2 aliphatic heterocycles. The van der Waals surface area contributed by atoms with Crippen molar-refractivity contribution in [3.63, 3.8) is 0 Å². The number of likely N-dealkylation sites (tertiary alicyclic amines) is 1. The second-order valence-corrected chi connectivity index (χ2v) is 7.09. The molecule has 5 atom stereocenters. The lowest BCUT2D eigenvalue weighted by Gasteiger charge is -2.37. The van der Waals surface area contributed by atoms with E-state index in [4.69, 9.17) is 0 Å². The van der Waals surface area contributed by atoms with Crippen LogP contribution in [0.5, 0.6) is 0 Å². The third kappa shape index (κ3) is 2.32. The van der Waals surface area contributed by atoms with Crippen LogP contribution < -0.4 is 5.32 Å². The SMILES string of the molecule is C1CC2CN(CC3CC4CCC3C4)CCC2N1.Cl. The van der Waals surface area contributed by atoms with Gasteiger partial charge in [-0.1, -0.05) is 6.42 Å². The average molecular weight is 271 g/mol. The van der Waals surface area contributed by atoms with Crippen LogP contribution in [0.3, 0.4) is 0 Å². The van der Waals surface area contributed by atoms with Crippen LogP contribution in [0.2, 0.25) is 0 Å². The predicted molar refractivity (Wildman–Crippen MR) is 77.1 cm³/mol. The summed E-state index contributed by atoms with van der Waals surface area (Å²) < 4.78 is 0. The summed E-state index contributed by atoms with van der Waals surface area (Å²) in [6.45, 7) is 5.47. The Hall–Kier alpha value is 0.210. The van der Waals surface area contributed by atoms with Crippen LogP contribution in [0.15, 0.2) is 0 Å². The maximum absolute atomic E-state index is 3.67. The maximum Gasteiger partial charge on any atom is 0.0120 e. The maximum atomic E-state index is 3.67. The van der Waals surface area contributed by atoms with E-state index in [1.54, 1.807) is 25.7 Å². The number of nitrogens with zero attached hydrogens (tertiary/aromatic N) is 1. The summed E-state index contributed by atoms with van der Waals surface area (Å²) in [6, 6.07) is 0.867. The van der Waals surface area contributed by atoms with Gasteiger partial charge in [-0.05, 0) is 68.9 Å². The van der Waals surface area contributed by atoms with Gasteiger partial charge in [-0.3, -0.25) is 0 Å². The van der Waals surface area contributed by atoms with Gasteiger partial charge in [0.1, 0.15) is 0 Å². The summed E-state index contributed by atoms with van der Waals surface area (Å²) in [4.78, 5) is 2.81. The molecule has 18 heavy (non-hydrogen) atoms. The molecule has 4 aliphatic rings. The number of rotatable bonds is 2. The lowest BCUT2D eigenvalue weighted by Crippen LogP contribution is -2.46. The van der Waals surface area contributed by atoms with Gasteiger partial charge in [-0.15, -0.1) is 12.4 Å². The summed E-state index contributed by atoms with van der Waals surface area (Å²) >= 11 is 0. The molecule has 104 valence electrons. The van der Waals surface area contributed by atoms with E-state index in [2.05, 4.69) is 10.2 Å². The molecule has 2 bridgehead atoms. The van der Waals surface area contributed by atoms with Crippen molar-refractivity contribution in [3.8, 4) is 0 Å². The molecule has 4 rings (SSSR count). The van der Waals surface area contributed by atoms with Crippen LogP contribution in [0.1, 0.15) is 38.5 Å². The van der Waals surface area contributed by atoms with Crippen molar-refractivity contribution in [2.75, 3.05) is 26.2 Å². The van der Waals surface area contributed by atoms with E-state index < -0.39 is 0 Å². The first kappa shape index (κ1) is 13.2. The van der Waals surface area contributed by atoms with Crippen LogP contribution in [0.25, 0.3) is 0 Å². The van der Waals surface area contributed by atoms with E-state index in [0.29, 0.717) is 0 Å². The highest BCUT2D eigenvalue weighted by molar-refractivity contribution is 5.85. The van der Waals surface area contributed by atoms with Crippen molar-refractivity contribution in [1.29, 1.82) is 0 Å². The van der Waals surface area contributed by atoms with Gasteiger partial charge in [0.2, 0.25) is 0 Å². The number of halogens is 1. The van der Waals surface area contributed by atoms with Gasteiger partial charge in [0.25, 0.3) is 0 Å². The smallest absolute Gasteiger partial charge is 0.0120 e. The van der Waals surface area contributed by atoms with Crippen LogP contribution in [0, 0.1) is 23.7 Å². The molecule has 0 aromatic rings. The zero-order valence-electron chi connectivity index (χ0n) is 11.3. The van der Waals surface area contributed by atoms with Crippen molar-refractivity contribution < 1.29 is 0 Å². The van der Waals surface area contributed by atoms with Crippen molar-refractivity contribution in [2.24, 2.45) is 23.7 Å². The zero-order chi connectivity index (χ0) is 11.2. The number of fused-ring (bicyclic) bond motifs is 3. The summed E-state index contributed by atoms with van der Waals surface area (Å²) in [6.07, 6.45) is 9.08. The zero-order valence-corrected chi connectivity index (χ0v) is 12.1. The number of hydrogen-bond acceptors (Lipinski definition) is 2. The quantitative estimate of drug-likeness (QED) is 0.830. The van der Waals surface area contributed by atoms with Crippen molar-refractivity contribution >= 4 is 12.4 Å². The Balaban J connectivity index is 0.000001000. The van der Waals surface area contributed by atoms with Crippen LogP contribution in [-0.4, -0.2) is 37.1 Å². The van der Waals surface area contributed by atoms with Gasteiger partial charge in [-0.2, -0.15) is 0 Å². The number of hydrogen-bond donors (Lipinski definition) is 1. The van der Waals surface area contributed by atoms with E-state index in [9.17, 15) is 0 Å². The van der Waals surface area contributed by atoms with E-state index in [-0.39, 0.29) is 12.4 Å². The molecule has 0 amide bonds. The molecule has 2 heterocycles. The van der Waals surface area contributed by atoms with Crippen LogP contribution >= 0.6 is 12.4 Å². The fraction of sp³-hybridized carbons (Fsp3) is 1.00. The Morgan fingerprint density at radius 2 is 1.94 bits per heavy atom. The fourth-order valence-corrected chi connectivity index (χ4v) is 5.22. The molecular weight excluding hydrogens is 244 g/mol. The van der Waals surface area contributed by atoms with Crippen LogP contribution in [0.4, 0.5) is 0 Å². The van der Waals surface area contributed by atoms with E-state index in [0.717, 1.165) is 29.7 Å². The van der Waals surface area contributed by atoms with Crippen LogP contribution in [-0.2, 0) is 0 Å². The van der Waals surface area contributed by atoms with Gasteiger partial charge in [0.05, 0.1) is 0 Å². The van der Waals surface area contributed by atoms with Gasteiger partial charge >= 0.3 is 0 Å². The first-order valence-electron chi connectivity index (χ1n) is 7.84. The molecule has 0 spiro atoms. The van der Waals surface area contributed by atoms with E-state index in [1.807, 2.05) is 0 Å². The molecule has 0 radical (unpaired) electrons. The minimum atomic E-state index is 0. The van der Waals surface area contributed by atoms with Gasteiger partial charge in [0, 0.05) is 19.1 Å². The molecular formula is C15H27ClN2. The lowest BCUT2D eigenvalue weighted by atomic mass is 9.86. The predicted octanol–water partition coefficient (Wildman–Crippen LogP) is 2.53. The summed E-state index contributed by atoms with van der Waals surface area (Å²) in [5.41, 5.74) is 0. The normalized spacial score (nSPS) is 47.0. The van der Waals surface area contributed by atoms with Crippen molar-refractivity contribution in [1.82, 2.24) is 10.2 Å². The van der Waals surface area contributed by atoms with E-state index in [1.165, 1.54) is 39.0 Å². The molecule has 1 N–H and O–H groups in total. The molecule has 2 nitrogen and oxygen atoms in total. The van der Waals surface area contributed by atoms with E-state index >= 15 is 0 Å². The second kappa shape index (κ2) is 5.30. The Morgan fingerprint density at radius 3 is 2.72 bits per heavy atom. The highest BCUT2D eigenvalue weighted by Crippen LogP contribution is 2.48. The summed E-state index contributed by atoms with van der Waals surface area (Å²) in [5.74, 6) is 4.28. The lowest BCUT2D eigenvalue weighted by molar-refractivity contribution is 0.124. The topological polar surface area (TPSA) is 15.3 Å². The standard InChI is InChI=1S/C15H26N2.ClH/c1-2-12-7-11(1)8-14(12)10-17-6-4-15-13(9-17)3-5-16-15;/h11-16H,1-10H2;1H. The Labute approximate surface area is 117 Å². The highest BCUT2D eigenvalue weighted by Gasteiger charge is 2.41. The third-order valence-electron chi connectivity index (χ3n) is 6.12. The first-order valence-corrected chi connectivity index (χ1v) is 7.84. The molecule has 2 aliphatic carbocycles.